The topological polar surface area (TPSA) is 92.4 Å². The van der Waals surface area contributed by atoms with Gasteiger partial charge in [-0.15, -0.1) is 0 Å². The third-order valence-corrected chi connectivity index (χ3v) is 3.89. The summed E-state index contributed by atoms with van der Waals surface area (Å²) in [6.45, 7) is 3.23. The van der Waals surface area contributed by atoms with Crippen LogP contribution in [0.5, 0.6) is 0 Å². The van der Waals surface area contributed by atoms with E-state index in [2.05, 4.69) is 10.5 Å². The van der Waals surface area contributed by atoms with Crippen molar-refractivity contribution >= 4 is 23.5 Å². The minimum absolute atomic E-state index is 0.0133. The normalized spacial score (nSPS) is 12.0. The lowest BCUT2D eigenvalue weighted by molar-refractivity contribution is -0.141. The number of aryl methyl sites for hydroxylation is 1. The molecular formula is C16H16ClFN2O4. The molecular weight excluding hydrogens is 339 g/mol. The molecule has 0 radical (unpaired) electrons. The van der Waals surface area contributed by atoms with Crippen LogP contribution < -0.4 is 5.32 Å². The molecule has 1 atom stereocenters. The van der Waals surface area contributed by atoms with Gasteiger partial charge in [0.05, 0.1) is 16.5 Å². The molecule has 128 valence electrons. The van der Waals surface area contributed by atoms with E-state index in [0.29, 0.717) is 0 Å². The number of aromatic nitrogens is 1. The summed E-state index contributed by atoms with van der Waals surface area (Å²) in [4.78, 5) is 23.1. The number of carbonyl (C=O) groups excluding carboxylic acids is 1. The van der Waals surface area contributed by atoms with Crippen molar-refractivity contribution in [3.05, 3.63) is 40.4 Å². The zero-order chi connectivity index (χ0) is 17.9. The van der Waals surface area contributed by atoms with Crippen LogP contribution >= 0.6 is 11.6 Å². The highest BCUT2D eigenvalue weighted by atomic mass is 35.5. The van der Waals surface area contributed by atoms with E-state index in [0.717, 1.165) is 0 Å². The van der Waals surface area contributed by atoms with Gasteiger partial charge in [0.1, 0.15) is 22.8 Å². The van der Waals surface area contributed by atoms with Crippen molar-refractivity contribution in [2.24, 2.45) is 5.92 Å². The molecule has 2 N–H and O–H groups in total. The molecule has 0 bridgehead atoms. The number of halogens is 2. The standard InChI is InChI=1S/C16H16ClFN2O4/c1-8(16(22)23)6-7-19-15(21)12-9(2)24-20-14(12)13-10(17)4-3-5-11(13)18/h3-5,8H,6-7H2,1-2H3,(H,19,21)(H,22,23). The Bertz CT molecular complexity index is 755. The van der Waals surface area contributed by atoms with Crippen molar-refractivity contribution in [1.29, 1.82) is 0 Å². The first-order chi connectivity index (χ1) is 11.3. The Kier molecular flexibility index (Phi) is 5.56. The van der Waals surface area contributed by atoms with Crippen molar-refractivity contribution in [2.45, 2.75) is 20.3 Å². The minimum atomic E-state index is -0.941. The van der Waals surface area contributed by atoms with Crippen LogP contribution in [0.3, 0.4) is 0 Å². The quantitative estimate of drug-likeness (QED) is 0.830. The van der Waals surface area contributed by atoms with Crippen LogP contribution in [0.25, 0.3) is 11.3 Å². The molecule has 1 heterocycles. The smallest absolute Gasteiger partial charge is 0.306 e. The van der Waals surface area contributed by atoms with Crippen LogP contribution in [0.1, 0.15) is 29.5 Å². The highest BCUT2D eigenvalue weighted by molar-refractivity contribution is 6.33. The fourth-order valence-electron chi connectivity index (χ4n) is 2.15. The molecule has 2 aromatic rings. The van der Waals surface area contributed by atoms with Gasteiger partial charge in [-0.25, -0.2) is 4.39 Å². The predicted molar refractivity (Wildman–Crippen MR) is 85.4 cm³/mol. The lowest BCUT2D eigenvalue weighted by Crippen LogP contribution is -2.27. The molecule has 1 aromatic carbocycles. The molecule has 1 aromatic heterocycles. The van der Waals surface area contributed by atoms with E-state index in [1.165, 1.54) is 25.1 Å². The summed E-state index contributed by atoms with van der Waals surface area (Å²) in [5, 5.41) is 15.3. The van der Waals surface area contributed by atoms with Crippen molar-refractivity contribution in [1.82, 2.24) is 10.5 Å². The summed E-state index contributed by atoms with van der Waals surface area (Å²) in [5.74, 6) is -2.46. The van der Waals surface area contributed by atoms with Crippen LogP contribution in [0.15, 0.2) is 22.7 Å². The number of carbonyl (C=O) groups is 2. The van der Waals surface area contributed by atoms with Gasteiger partial charge in [-0.2, -0.15) is 0 Å². The van der Waals surface area contributed by atoms with Crippen molar-refractivity contribution in [2.75, 3.05) is 6.54 Å². The zero-order valence-electron chi connectivity index (χ0n) is 13.1. The molecule has 0 saturated heterocycles. The SMILES string of the molecule is Cc1onc(-c2c(F)cccc2Cl)c1C(=O)NCCC(C)C(=O)O. The second-order valence-corrected chi connectivity index (χ2v) is 5.75. The molecule has 1 unspecified atom stereocenters. The number of hydrogen-bond donors (Lipinski definition) is 2. The maximum atomic E-state index is 14.1. The molecule has 6 nitrogen and oxygen atoms in total. The lowest BCUT2D eigenvalue weighted by Gasteiger charge is -2.09. The van der Waals surface area contributed by atoms with Gasteiger partial charge in [0.2, 0.25) is 0 Å². The van der Waals surface area contributed by atoms with Gasteiger partial charge in [-0.1, -0.05) is 29.7 Å². The molecule has 0 aliphatic rings. The molecule has 0 saturated carbocycles. The fraction of sp³-hybridized carbons (Fsp3) is 0.312. The van der Waals surface area contributed by atoms with E-state index < -0.39 is 23.6 Å². The monoisotopic (exact) mass is 354 g/mol. The van der Waals surface area contributed by atoms with Crippen LogP contribution in [-0.2, 0) is 4.79 Å². The largest absolute Gasteiger partial charge is 0.481 e. The number of benzene rings is 1. The summed E-state index contributed by atoms with van der Waals surface area (Å²) < 4.78 is 19.1. The summed E-state index contributed by atoms with van der Waals surface area (Å²) >= 11 is 6.01. The zero-order valence-corrected chi connectivity index (χ0v) is 13.9. The Hall–Kier alpha value is -2.41. The van der Waals surface area contributed by atoms with Gasteiger partial charge in [-0.3, -0.25) is 9.59 Å². The van der Waals surface area contributed by atoms with Crippen molar-refractivity contribution < 1.29 is 23.6 Å². The number of aliphatic carboxylic acids is 1. The summed E-state index contributed by atoms with van der Waals surface area (Å²) in [6, 6.07) is 4.14. The average molecular weight is 355 g/mol. The van der Waals surface area contributed by atoms with E-state index in [-0.39, 0.29) is 40.6 Å². The van der Waals surface area contributed by atoms with E-state index in [4.69, 9.17) is 21.2 Å². The van der Waals surface area contributed by atoms with E-state index in [9.17, 15) is 14.0 Å². The molecule has 0 fully saturated rings. The molecule has 0 spiro atoms. The predicted octanol–water partition coefficient (Wildman–Crippen LogP) is 3.28. The Balaban J connectivity index is 2.24. The van der Waals surface area contributed by atoms with E-state index >= 15 is 0 Å². The maximum Gasteiger partial charge on any atom is 0.306 e. The molecule has 2 rings (SSSR count). The molecule has 24 heavy (non-hydrogen) atoms. The van der Waals surface area contributed by atoms with Crippen molar-refractivity contribution in [3.8, 4) is 11.3 Å². The number of carboxylic acids is 1. The Labute approximate surface area is 142 Å². The number of carboxylic acid groups (broad SMARTS) is 1. The highest BCUT2D eigenvalue weighted by Gasteiger charge is 2.25. The number of nitrogens with zero attached hydrogens (tertiary/aromatic N) is 1. The lowest BCUT2D eigenvalue weighted by atomic mass is 10.0. The van der Waals surface area contributed by atoms with Gasteiger partial charge in [0.25, 0.3) is 5.91 Å². The molecule has 1 amide bonds. The average Bonchev–Trinajstić information content (AvgIpc) is 2.88. The van der Waals surface area contributed by atoms with Crippen LogP contribution in [-0.4, -0.2) is 28.7 Å². The van der Waals surface area contributed by atoms with E-state index in [1.807, 2.05) is 0 Å². The van der Waals surface area contributed by atoms with Crippen LogP contribution in [0.2, 0.25) is 5.02 Å². The fourth-order valence-corrected chi connectivity index (χ4v) is 2.40. The van der Waals surface area contributed by atoms with Crippen LogP contribution in [0.4, 0.5) is 4.39 Å². The second kappa shape index (κ2) is 7.44. The Morgan fingerprint density at radius 3 is 2.79 bits per heavy atom. The Morgan fingerprint density at radius 1 is 1.46 bits per heavy atom. The number of hydrogen-bond acceptors (Lipinski definition) is 4. The summed E-state index contributed by atoms with van der Waals surface area (Å²) in [5.41, 5.74) is 0.0735. The van der Waals surface area contributed by atoms with Gasteiger partial charge >= 0.3 is 5.97 Å². The third-order valence-electron chi connectivity index (χ3n) is 3.57. The van der Waals surface area contributed by atoms with Gasteiger partial charge in [0, 0.05) is 6.54 Å². The molecule has 8 heteroatoms. The first-order valence-electron chi connectivity index (χ1n) is 7.24. The molecule has 0 aliphatic heterocycles. The minimum Gasteiger partial charge on any atom is -0.481 e. The first-order valence-corrected chi connectivity index (χ1v) is 7.62. The Morgan fingerprint density at radius 2 is 2.17 bits per heavy atom. The maximum absolute atomic E-state index is 14.1. The second-order valence-electron chi connectivity index (χ2n) is 5.34. The third kappa shape index (κ3) is 3.73. The van der Waals surface area contributed by atoms with E-state index in [1.54, 1.807) is 6.92 Å². The molecule has 0 aliphatic carbocycles. The summed E-state index contributed by atoms with van der Waals surface area (Å²) in [7, 11) is 0. The van der Waals surface area contributed by atoms with Crippen molar-refractivity contribution in [3.63, 3.8) is 0 Å². The van der Waals surface area contributed by atoms with Gasteiger partial charge in [-0.05, 0) is 25.5 Å². The highest BCUT2D eigenvalue weighted by Crippen LogP contribution is 2.33. The number of rotatable bonds is 6. The number of amides is 1. The summed E-state index contributed by atoms with van der Waals surface area (Å²) in [6.07, 6.45) is 0.265. The first kappa shape index (κ1) is 17.9. The van der Waals surface area contributed by atoms with Crippen LogP contribution in [0, 0.1) is 18.7 Å². The number of nitrogens with one attached hydrogen (secondary N) is 1. The van der Waals surface area contributed by atoms with Gasteiger partial charge < -0.3 is 14.9 Å². The van der Waals surface area contributed by atoms with Gasteiger partial charge in [0.15, 0.2) is 0 Å².